The molecule has 0 radical (unpaired) electrons. The van der Waals surface area contributed by atoms with Crippen LogP contribution in [0.1, 0.15) is 43.0 Å². The number of esters is 1. The zero-order valence-corrected chi connectivity index (χ0v) is 15.3. The first-order valence-corrected chi connectivity index (χ1v) is 8.91. The number of anilines is 1. The van der Waals surface area contributed by atoms with Gasteiger partial charge in [0.25, 0.3) is 0 Å². The minimum absolute atomic E-state index is 0.106. The third-order valence-electron chi connectivity index (χ3n) is 5.24. The van der Waals surface area contributed by atoms with E-state index >= 15 is 0 Å². The Labute approximate surface area is 156 Å². The van der Waals surface area contributed by atoms with E-state index in [1.807, 2.05) is 18.0 Å². The molecule has 3 unspecified atom stereocenters. The predicted molar refractivity (Wildman–Crippen MR) is 98.4 cm³/mol. The number of ether oxygens (including phenoxy) is 1. The average molecular weight is 370 g/mol. The van der Waals surface area contributed by atoms with E-state index < -0.39 is 11.9 Å². The Balaban J connectivity index is 1.82. The number of nitrogens with zero attached hydrogens (tertiary/aromatic N) is 3. The lowest BCUT2D eigenvalue weighted by atomic mass is 9.82. The molecule has 1 aliphatic rings. The van der Waals surface area contributed by atoms with Crippen LogP contribution in [0.25, 0.3) is 11.0 Å². The number of aromatic carboxylic acids is 1. The van der Waals surface area contributed by atoms with Crippen molar-refractivity contribution >= 4 is 28.7 Å². The standard InChI is InChI=1S/C19H22N4O4/c1-11-9-12(27-16(24)5-7-20)3-4-15(11)23(2)17-13-6-8-21-18(13)22-10-14(17)19(25)26/h6,8,10-12,15H,3-5,9H2,1-2H3,(H,21,22)(H,25,26). The Bertz CT molecular complexity index is 901. The molecule has 0 bridgehead atoms. The number of nitriles is 1. The van der Waals surface area contributed by atoms with Crippen LogP contribution in [0.5, 0.6) is 0 Å². The predicted octanol–water partition coefficient (Wildman–Crippen LogP) is 2.71. The van der Waals surface area contributed by atoms with E-state index in [0.717, 1.165) is 11.8 Å². The number of nitrogens with one attached hydrogen (secondary N) is 1. The summed E-state index contributed by atoms with van der Waals surface area (Å²) in [5.41, 5.74) is 1.46. The number of fused-ring (bicyclic) bond motifs is 1. The molecular weight excluding hydrogens is 348 g/mol. The van der Waals surface area contributed by atoms with Crippen LogP contribution in [0, 0.1) is 17.2 Å². The second-order valence-electron chi connectivity index (χ2n) is 6.98. The van der Waals surface area contributed by atoms with Crippen LogP contribution >= 0.6 is 0 Å². The first kappa shape index (κ1) is 18.7. The van der Waals surface area contributed by atoms with Crippen LogP contribution in [0.15, 0.2) is 18.5 Å². The van der Waals surface area contributed by atoms with Crippen molar-refractivity contribution in [2.24, 2.45) is 5.92 Å². The van der Waals surface area contributed by atoms with Crippen molar-refractivity contribution < 1.29 is 19.4 Å². The summed E-state index contributed by atoms with van der Waals surface area (Å²) in [5, 5.41) is 19.0. The fourth-order valence-electron chi connectivity index (χ4n) is 4.00. The molecule has 0 aliphatic heterocycles. The van der Waals surface area contributed by atoms with Crippen LogP contribution in [0.2, 0.25) is 0 Å². The zero-order valence-electron chi connectivity index (χ0n) is 15.3. The van der Waals surface area contributed by atoms with Gasteiger partial charge in [-0.3, -0.25) is 4.79 Å². The monoisotopic (exact) mass is 370 g/mol. The van der Waals surface area contributed by atoms with Gasteiger partial charge in [0.05, 0.1) is 11.8 Å². The lowest BCUT2D eigenvalue weighted by molar-refractivity contribution is -0.150. The molecule has 142 valence electrons. The van der Waals surface area contributed by atoms with Crippen molar-refractivity contribution in [3.8, 4) is 6.07 Å². The first-order valence-electron chi connectivity index (χ1n) is 8.91. The third-order valence-corrected chi connectivity index (χ3v) is 5.24. The van der Waals surface area contributed by atoms with Crippen molar-refractivity contribution in [2.45, 2.75) is 44.8 Å². The molecule has 2 heterocycles. The molecule has 2 aromatic heterocycles. The fourth-order valence-corrected chi connectivity index (χ4v) is 4.00. The second-order valence-corrected chi connectivity index (χ2v) is 6.98. The van der Waals surface area contributed by atoms with Gasteiger partial charge in [-0.1, -0.05) is 6.92 Å². The first-order chi connectivity index (χ1) is 12.9. The van der Waals surface area contributed by atoms with E-state index in [2.05, 4.69) is 16.9 Å². The van der Waals surface area contributed by atoms with Crippen LogP contribution in [0.3, 0.4) is 0 Å². The summed E-state index contributed by atoms with van der Waals surface area (Å²) in [6.45, 7) is 2.07. The summed E-state index contributed by atoms with van der Waals surface area (Å²) in [6, 6.07) is 3.74. The van der Waals surface area contributed by atoms with Gasteiger partial charge < -0.3 is 19.7 Å². The van der Waals surface area contributed by atoms with Crippen LogP contribution < -0.4 is 4.90 Å². The summed E-state index contributed by atoms with van der Waals surface area (Å²) >= 11 is 0. The van der Waals surface area contributed by atoms with Gasteiger partial charge >= 0.3 is 11.9 Å². The maximum absolute atomic E-state index is 11.7. The number of carboxylic acid groups (broad SMARTS) is 1. The lowest BCUT2D eigenvalue weighted by Gasteiger charge is -2.40. The fraction of sp³-hybridized carbons (Fsp3) is 0.474. The molecule has 1 aliphatic carbocycles. The highest BCUT2D eigenvalue weighted by Gasteiger charge is 2.34. The zero-order chi connectivity index (χ0) is 19.6. The minimum Gasteiger partial charge on any atom is -0.478 e. The maximum Gasteiger partial charge on any atom is 0.339 e. The molecule has 0 saturated heterocycles. The summed E-state index contributed by atoms with van der Waals surface area (Å²) in [4.78, 5) is 32.5. The molecule has 3 atom stereocenters. The number of carbonyl (C=O) groups excluding carboxylic acids is 1. The van der Waals surface area contributed by atoms with Gasteiger partial charge in [0.2, 0.25) is 0 Å². The van der Waals surface area contributed by atoms with Crippen LogP contribution in [-0.2, 0) is 9.53 Å². The third kappa shape index (κ3) is 3.72. The Kier molecular flexibility index (Phi) is 5.31. The number of carbonyl (C=O) groups is 2. The quantitative estimate of drug-likeness (QED) is 0.777. The number of aromatic amines is 1. The normalized spacial score (nSPS) is 22.2. The van der Waals surface area contributed by atoms with Gasteiger partial charge in [-0.05, 0) is 31.2 Å². The summed E-state index contributed by atoms with van der Waals surface area (Å²) in [5.74, 6) is -1.32. The molecule has 1 fully saturated rings. The minimum atomic E-state index is -1.01. The van der Waals surface area contributed by atoms with E-state index in [1.165, 1.54) is 6.20 Å². The number of carboxylic acids is 1. The maximum atomic E-state index is 11.7. The van der Waals surface area contributed by atoms with Gasteiger partial charge in [0.1, 0.15) is 23.7 Å². The Morgan fingerprint density at radius 1 is 1.48 bits per heavy atom. The second kappa shape index (κ2) is 7.66. The van der Waals surface area contributed by atoms with Crippen molar-refractivity contribution in [3.05, 3.63) is 24.0 Å². The Morgan fingerprint density at radius 3 is 2.93 bits per heavy atom. The average Bonchev–Trinajstić information content (AvgIpc) is 3.09. The molecule has 2 N–H and O–H groups in total. The number of hydrogen-bond donors (Lipinski definition) is 2. The van der Waals surface area contributed by atoms with Crippen molar-refractivity contribution in [2.75, 3.05) is 11.9 Å². The van der Waals surface area contributed by atoms with E-state index in [0.29, 0.717) is 24.2 Å². The molecule has 8 heteroatoms. The molecule has 0 amide bonds. The van der Waals surface area contributed by atoms with Gasteiger partial charge in [-0.2, -0.15) is 5.26 Å². The molecule has 27 heavy (non-hydrogen) atoms. The highest BCUT2D eigenvalue weighted by molar-refractivity contribution is 6.04. The Morgan fingerprint density at radius 2 is 2.26 bits per heavy atom. The Hall–Kier alpha value is -3.08. The largest absolute Gasteiger partial charge is 0.478 e. The van der Waals surface area contributed by atoms with E-state index in [9.17, 15) is 14.7 Å². The molecule has 3 rings (SSSR count). The molecule has 8 nitrogen and oxygen atoms in total. The number of aromatic nitrogens is 2. The van der Waals surface area contributed by atoms with Gasteiger partial charge in [0, 0.05) is 30.9 Å². The summed E-state index contributed by atoms with van der Waals surface area (Å²) in [6.07, 6.45) is 4.81. The van der Waals surface area contributed by atoms with Crippen molar-refractivity contribution in [3.63, 3.8) is 0 Å². The molecule has 0 spiro atoms. The molecule has 1 saturated carbocycles. The van der Waals surface area contributed by atoms with Crippen molar-refractivity contribution in [1.29, 1.82) is 5.26 Å². The molecule has 0 aromatic carbocycles. The summed E-state index contributed by atoms with van der Waals surface area (Å²) < 4.78 is 5.37. The highest BCUT2D eigenvalue weighted by atomic mass is 16.5. The van der Waals surface area contributed by atoms with E-state index in [-0.39, 0.29) is 30.0 Å². The lowest BCUT2D eigenvalue weighted by Crippen LogP contribution is -2.43. The number of hydrogen-bond acceptors (Lipinski definition) is 6. The SMILES string of the molecule is CC1CC(OC(=O)CC#N)CCC1N(C)c1c(C(=O)O)cnc2[nH]ccc12. The highest BCUT2D eigenvalue weighted by Crippen LogP contribution is 2.36. The van der Waals surface area contributed by atoms with Crippen LogP contribution in [0.4, 0.5) is 5.69 Å². The number of pyridine rings is 1. The topological polar surface area (TPSA) is 119 Å². The molecule has 2 aromatic rings. The summed E-state index contributed by atoms with van der Waals surface area (Å²) in [7, 11) is 1.90. The van der Waals surface area contributed by atoms with Gasteiger partial charge in [-0.15, -0.1) is 0 Å². The van der Waals surface area contributed by atoms with Crippen molar-refractivity contribution in [1.82, 2.24) is 9.97 Å². The number of rotatable bonds is 5. The van der Waals surface area contributed by atoms with Crippen LogP contribution in [-0.4, -0.2) is 46.2 Å². The van der Waals surface area contributed by atoms with E-state index in [4.69, 9.17) is 10.00 Å². The molecular formula is C19H22N4O4. The van der Waals surface area contributed by atoms with Gasteiger partial charge in [0.15, 0.2) is 0 Å². The number of H-pyrrole nitrogens is 1. The van der Waals surface area contributed by atoms with Gasteiger partial charge in [-0.25, -0.2) is 9.78 Å². The van der Waals surface area contributed by atoms with E-state index in [1.54, 1.807) is 12.3 Å². The smallest absolute Gasteiger partial charge is 0.339 e.